The highest BCUT2D eigenvalue weighted by molar-refractivity contribution is 5.91. The number of nitrogens with one attached hydrogen (secondary N) is 1. The standard InChI is InChI=1S/C23H24N4O3/c1-15-6-10-19(11-7-15)27-23(30)26(14-18-5-3-4-16(2)12-18)22(29)20(25-27)21(28)24-13-17-8-9-17/h3-7,10-12,17H,8-9,13-14H2,1-2H3,(H,24,28). The summed E-state index contributed by atoms with van der Waals surface area (Å²) in [5, 5.41) is 6.93. The Balaban J connectivity index is 1.81. The van der Waals surface area contributed by atoms with Crippen LogP contribution in [0.2, 0.25) is 0 Å². The minimum atomic E-state index is -0.682. The molecule has 7 nitrogen and oxygen atoms in total. The van der Waals surface area contributed by atoms with Crippen LogP contribution in [0.25, 0.3) is 5.69 Å². The predicted octanol–water partition coefficient (Wildman–Crippen LogP) is 2.20. The third-order valence-electron chi connectivity index (χ3n) is 5.22. The van der Waals surface area contributed by atoms with Gasteiger partial charge in [-0.2, -0.15) is 9.78 Å². The molecule has 0 unspecified atom stereocenters. The van der Waals surface area contributed by atoms with Crippen LogP contribution in [0.15, 0.2) is 58.1 Å². The van der Waals surface area contributed by atoms with Crippen molar-refractivity contribution in [1.82, 2.24) is 19.7 Å². The van der Waals surface area contributed by atoms with Gasteiger partial charge in [-0.25, -0.2) is 4.79 Å². The first-order valence-electron chi connectivity index (χ1n) is 10.1. The Kier molecular flexibility index (Phi) is 5.35. The Hall–Kier alpha value is -3.48. The second-order valence-electron chi connectivity index (χ2n) is 7.91. The molecule has 4 rings (SSSR count). The van der Waals surface area contributed by atoms with E-state index in [1.165, 1.54) is 0 Å². The smallest absolute Gasteiger partial charge is 0.350 e. The van der Waals surface area contributed by atoms with Crippen LogP contribution in [-0.2, 0) is 6.54 Å². The number of carbonyl (C=O) groups excluding carboxylic acids is 1. The molecule has 3 aromatic rings. The highest BCUT2D eigenvalue weighted by Crippen LogP contribution is 2.27. The zero-order valence-corrected chi connectivity index (χ0v) is 17.1. The van der Waals surface area contributed by atoms with Gasteiger partial charge in [0.1, 0.15) is 0 Å². The Morgan fingerprint density at radius 2 is 1.80 bits per heavy atom. The number of aromatic nitrogens is 3. The Labute approximate surface area is 174 Å². The number of carbonyl (C=O) groups is 1. The lowest BCUT2D eigenvalue weighted by molar-refractivity contribution is 0.0942. The molecule has 0 radical (unpaired) electrons. The highest BCUT2D eigenvalue weighted by Gasteiger charge is 2.25. The van der Waals surface area contributed by atoms with Gasteiger partial charge in [0.05, 0.1) is 12.2 Å². The van der Waals surface area contributed by atoms with Crippen LogP contribution in [0, 0.1) is 19.8 Å². The molecule has 0 bridgehead atoms. The largest absolute Gasteiger partial charge is 0.352 e. The fourth-order valence-corrected chi connectivity index (χ4v) is 3.29. The summed E-state index contributed by atoms with van der Waals surface area (Å²) in [7, 11) is 0. The zero-order chi connectivity index (χ0) is 21.3. The summed E-state index contributed by atoms with van der Waals surface area (Å²) in [4.78, 5) is 38.9. The van der Waals surface area contributed by atoms with E-state index in [1.54, 1.807) is 12.1 Å². The summed E-state index contributed by atoms with van der Waals surface area (Å²) in [6.45, 7) is 4.47. The van der Waals surface area contributed by atoms with Gasteiger partial charge < -0.3 is 5.32 Å². The van der Waals surface area contributed by atoms with Crippen molar-refractivity contribution in [3.05, 3.63) is 91.8 Å². The minimum Gasteiger partial charge on any atom is -0.350 e. The van der Waals surface area contributed by atoms with Crippen molar-refractivity contribution in [2.75, 3.05) is 6.54 Å². The van der Waals surface area contributed by atoms with Gasteiger partial charge in [0.2, 0.25) is 5.69 Å². The van der Waals surface area contributed by atoms with E-state index in [1.807, 2.05) is 50.2 Å². The Morgan fingerprint density at radius 3 is 2.47 bits per heavy atom. The maximum atomic E-state index is 13.1. The molecule has 1 aliphatic rings. The third-order valence-corrected chi connectivity index (χ3v) is 5.22. The molecule has 2 aromatic carbocycles. The van der Waals surface area contributed by atoms with E-state index in [0.717, 1.165) is 38.8 Å². The average Bonchev–Trinajstić information content (AvgIpc) is 3.55. The van der Waals surface area contributed by atoms with Crippen LogP contribution in [0.3, 0.4) is 0 Å². The molecule has 30 heavy (non-hydrogen) atoms. The predicted molar refractivity (Wildman–Crippen MR) is 114 cm³/mol. The van der Waals surface area contributed by atoms with Crippen LogP contribution in [0.1, 0.15) is 40.0 Å². The number of hydrogen-bond donors (Lipinski definition) is 1. The van der Waals surface area contributed by atoms with Gasteiger partial charge in [-0.1, -0.05) is 47.5 Å². The van der Waals surface area contributed by atoms with Gasteiger partial charge in [0.15, 0.2) is 0 Å². The van der Waals surface area contributed by atoms with Crippen molar-refractivity contribution in [2.24, 2.45) is 5.92 Å². The van der Waals surface area contributed by atoms with E-state index in [2.05, 4.69) is 10.4 Å². The molecule has 1 amide bonds. The van der Waals surface area contributed by atoms with E-state index in [0.29, 0.717) is 18.2 Å². The van der Waals surface area contributed by atoms with E-state index in [-0.39, 0.29) is 12.2 Å². The maximum absolute atomic E-state index is 13.1. The molecule has 1 N–H and O–H groups in total. The lowest BCUT2D eigenvalue weighted by Crippen LogP contribution is -2.46. The minimum absolute atomic E-state index is 0.0661. The summed E-state index contributed by atoms with van der Waals surface area (Å²) >= 11 is 0. The zero-order valence-electron chi connectivity index (χ0n) is 17.1. The lowest BCUT2D eigenvalue weighted by Gasteiger charge is -2.13. The Bertz CT molecular complexity index is 1200. The van der Waals surface area contributed by atoms with Gasteiger partial charge in [-0.3, -0.25) is 14.2 Å². The fraction of sp³-hybridized carbons (Fsp3) is 0.304. The quantitative estimate of drug-likeness (QED) is 0.682. The van der Waals surface area contributed by atoms with Gasteiger partial charge in [0, 0.05) is 6.54 Å². The Morgan fingerprint density at radius 1 is 1.07 bits per heavy atom. The second kappa shape index (κ2) is 8.10. The number of amides is 1. The van der Waals surface area contributed by atoms with Crippen LogP contribution < -0.4 is 16.6 Å². The van der Waals surface area contributed by atoms with Gasteiger partial charge >= 0.3 is 5.69 Å². The van der Waals surface area contributed by atoms with Crippen LogP contribution in [0.4, 0.5) is 0 Å². The van der Waals surface area contributed by atoms with Crippen molar-refractivity contribution in [3.8, 4) is 5.69 Å². The molecule has 0 spiro atoms. The summed E-state index contributed by atoms with van der Waals surface area (Å²) in [5.74, 6) is -0.0859. The fourth-order valence-electron chi connectivity index (χ4n) is 3.29. The molecule has 1 saturated carbocycles. The molecule has 1 aliphatic carbocycles. The summed E-state index contributed by atoms with van der Waals surface area (Å²) < 4.78 is 2.20. The first-order valence-corrected chi connectivity index (χ1v) is 10.1. The number of hydrogen-bond acceptors (Lipinski definition) is 4. The first kappa shape index (κ1) is 19.8. The van der Waals surface area contributed by atoms with Crippen LogP contribution >= 0.6 is 0 Å². The van der Waals surface area contributed by atoms with E-state index < -0.39 is 17.2 Å². The van der Waals surface area contributed by atoms with Crippen molar-refractivity contribution in [3.63, 3.8) is 0 Å². The number of rotatable bonds is 6. The first-order chi connectivity index (χ1) is 14.4. The topological polar surface area (TPSA) is 86.0 Å². The highest BCUT2D eigenvalue weighted by atomic mass is 16.2. The molecule has 0 aliphatic heterocycles. The monoisotopic (exact) mass is 404 g/mol. The van der Waals surface area contributed by atoms with Crippen molar-refractivity contribution in [2.45, 2.75) is 33.2 Å². The molecule has 7 heteroatoms. The number of aryl methyl sites for hydroxylation is 2. The van der Waals surface area contributed by atoms with Crippen molar-refractivity contribution in [1.29, 1.82) is 0 Å². The molecular weight excluding hydrogens is 380 g/mol. The second-order valence-corrected chi connectivity index (χ2v) is 7.91. The normalized spacial score (nSPS) is 13.3. The van der Waals surface area contributed by atoms with E-state index in [9.17, 15) is 14.4 Å². The van der Waals surface area contributed by atoms with Crippen molar-refractivity contribution < 1.29 is 4.79 Å². The molecule has 154 valence electrons. The molecule has 1 heterocycles. The van der Waals surface area contributed by atoms with Gasteiger partial charge in [-0.15, -0.1) is 0 Å². The molecule has 0 atom stereocenters. The summed E-state index contributed by atoms with van der Waals surface area (Å²) in [6, 6.07) is 14.8. The van der Waals surface area contributed by atoms with Gasteiger partial charge in [-0.05, 0) is 50.3 Å². The lowest BCUT2D eigenvalue weighted by atomic mass is 10.1. The van der Waals surface area contributed by atoms with E-state index in [4.69, 9.17) is 0 Å². The molecule has 1 aromatic heterocycles. The van der Waals surface area contributed by atoms with Gasteiger partial charge in [0.25, 0.3) is 11.5 Å². The molecule has 0 saturated heterocycles. The SMILES string of the molecule is Cc1ccc(-n2nc(C(=O)NCC3CC3)c(=O)n(Cc3cccc(C)c3)c2=O)cc1. The molecular formula is C23H24N4O3. The number of nitrogens with zero attached hydrogens (tertiary/aromatic N) is 3. The van der Waals surface area contributed by atoms with E-state index >= 15 is 0 Å². The summed E-state index contributed by atoms with van der Waals surface area (Å²) in [5.41, 5.74) is 1.82. The molecule has 1 fully saturated rings. The summed E-state index contributed by atoms with van der Waals surface area (Å²) in [6.07, 6.45) is 2.16. The number of benzene rings is 2. The maximum Gasteiger partial charge on any atom is 0.352 e. The van der Waals surface area contributed by atoms with Crippen LogP contribution in [0.5, 0.6) is 0 Å². The third kappa shape index (κ3) is 4.25. The average molecular weight is 404 g/mol. The van der Waals surface area contributed by atoms with Crippen LogP contribution in [-0.4, -0.2) is 26.8 Å². The van der Waals surface area contributed by atoms with Crippen molar-refractivity contribution >= 4 is 5.91 Å².